The van der Waals surface area contributed by atoms with E-state index >= 15 is 0 Å². The van der Waals surface area contributed by atoms with Crippen LogP contribution in [0.2, 0.25) is 0 Å². The number of hydrogen-bond acceptors (Lipinski definition) is 5. The van der Waals surface area contributed by atoms with Crippen LogP contribution in [-0.2, 0) is 10.2 Å². The minimum absolute atomic E-state index is 0.0974. The van der Waals surface area contributed by atoms with Crippen molar-refractivity contribution in [3.8, 4) is 0 Å². The van der Waals surface area contributed by atoms with E-state index in [-0.39, 0.29) is 17.9 Å². The van der Waals surface area contributed by atoms with Crippen molar-refractivity contribution >= 4 is 23.3 Å². The van der Waals surface area contributed by atoms with E-state index in [1.165, 1.54) is 6.26 Å². The fraction of sp³-hybridized carbons (Fsp3) is 0.412. The number of fused-ring (bicyclic) bond motifs is 1. The molecule has 0 radical (unpaired) electrons. The van der Waals surface area contributed by atoms with Gasteiger partial charge in [0.1, 0.15) is 17.6 Å². The molecule has 0 saturated heterocycles. The largest absolute Gasteiger partial charge is 0.364 e. The first kappa shape index (κ1) is 14.9. The van der Waals surface area contributed by atoms with E-state index in [2.05, 4.69) is 15.5 Å². The van der Waals surface area contributed by atoms with Gasteiger partial charge in [-0.3, -0.25) is 9.59 Å². The molecule has 2 amide bonds. The molecule has 4 rings (SSSR count). The van der Waals surface area contributed by atoms with E-state index in [1.54, 1.807) is 19.2 Å². The maximum atomic E-state index is 12.7. The van der Waals surface area contributed by atoms with E-state index < -0.39 is 5.41 Å². The predicted molar refractivity (Wildman–Crippen MR) is 87.0 cm³/mol. The molecule has 1 aliphatic carbocycles. The summed E-state index contributed by atoms with van der Waals surface area (Å²) in [6, 6.07) is 2.05. The van der Waals surface area contributed by atoms with Gasteiger partial charge in [0, 0.05) is 23.9 Å². The van der Waals surface area contributed by atoms with Crippen molar-refractivity contribution in [2.24, 2.45) is 0 Å². The molecule has 0 aromatic carbocycles. The van der Waals surface area contributed by atoms with Gasteiger partial charge < -0.3 is 14.7 Å². The van der Waals surface area contributed by atoms with Crippen molar-refractivity contribution in [2.75, 3.05) is 10.2 Å². The van der Waals surface area contributed by atoms with Crippen LogP contribution in [0.15, 0.2) is 23.0 Å². The first-order valence-electron chi connectivity index (χ1n) is 7.96. The molecule has 1 saturated carbocycles. The quantitative estimate of drug-likeness (QED) is 0.936. The molecule has 0 atom stereocenters. The lowest BCUT2D eigenvalue weighted by Crippen LogP contribution is -2.37. The standard InChI is InChI=1S/C17H18N4O3/c1-9-11(8-24-20-9)15(22)19-14-6-13-12(7-18-14)17(2,3)16(23)21(13)10-4-5-10/h6-8,10H,4-5H2,1-3H3,(H,18,19,22). The number of anilines is 2. The van der Waals surface area contributed by atoms with Crippen molar-refractivity contribution in [1.29, 1.82) is 0 Å². The molecule has 1 aliphatic heterocycles. The molecule has 124 valence electrons. The van der Waals surface area contributed by atoms with Gasteiger partial charge in [0.25, 0.3) is 5.91 Å². The first-order chi connectivity index (χ1) is 11.4. The van der Waals surface area contributed by atoms with Gasteiger partial charge in [-0.15, -0.1) is 0 Å². The normalized spacial score (nSPS) is 18.6. The zero-order valence-corrected chi connectivity index (χ0v) is 13.8. The number of pyridine rings is 1. The Bertz CT molecular complexity index is 851. The zero-order chi connectivity index (χ0) is 17.1. The summed E-state index contributed by atoms with van der Waals surface area (Å²) in [5, 5.41) is 6.45. The van der Waals surface area contributed by atoms with Gasteiger partial charge in [-0.2, -0.15) is 0 Å². The van der Waals surface area contributed by atoms with Crippen LogP contribution < -0.4 is 10.2 Å². The number of carbonyl (C=O) groups is 2. The summed E-state index contributed by atoms with van der Waals surface area (Å²) in [5.41, 5.74) is 2.05. The Hall–Kier alpha value is -2.70. The summed E-state index contributed by atoms with van der Waals surface area (Å²) in [6.07, 6.45) is 5.03. The third-order valence-electron chi connectivity index (χ3n) is 4.72. The molecule has 7 heteroatoms. The summed E-state index contributed by atoms with van der Waals surface area (Å²) < 4.78 is 4.79. The van der Waals surface area contributed by atoms with Crippen molar-refractivity contribution in [1.82, 2.24) is 10.1 Å². The number of nitrogens with one attached hydrogen (secondary N) is 1. The van der Waals surface area contributed by atoms with Crippen LogP contribution in [-0.4, -0.2) is 28.0 Å². The number of aryl methyl sites for hydroxylation is 1. The lowest BCUT2D eigenvalue weighted by molar-refractivity contribution is -0.122. The molecule has 3 heterocycles. The second-order valence-electron chi connectivity index (χ2n) is 6.89. The summed E-state index contributed by atoms with van der Waals surface area (Å²) in [7, 11) is 0. The average molecular weight is 326 g/mol. The van der Waals surface area contributed by atoms with Crippen LogP contribution in [0.4, 0.5) is 11.5 Å². The molecule has 1 fully saturated rings. The fourth-order valence-electron chi connectivity index (χ4n) is 3.11. The summed E-state index contributed by atoms with van der Waals surface area (Å²) in [4.78, 5) is 31.2. The summed E-state index contributed by atoms with van der Waals surface area (Å²) >= 11 is 0. The predicted octanol–water partition coefficient (Wildman–Crippen LogP) is 2.42. The molecule has 1 N–H and O–H groups in total. The highest BCUT2D eigenvalue weighted by Gasteiger charge is 2.49. The van der Waals surface area contributed by atoms with Gasteiger partial charge in [-0.25, -0.2) is 4.98 Å². The Kier molecular flexibility index (Phi) is 3.03. The first-order valence-corrected chi connectivity index (χ1v) is 7.96. The number of hydrogen-bond donors (Lipinski definition) is 1. The number of carbonyl (C=O) groups excluding carboxylic acids is 2. The molecule has 2 aromatic heterocycles. The van der Waals surface area contributed by atoms with Gasteiger partial charge in [0.15, 0.2) is 0 Å². The molecule has 2 aliphatic rings. The average Bonchev–Trinajstić information content (AvgIpc) is 3.23. The summed E-state index contributed by atoms with van der Waals surface area (Å²) in [5.74, 6) is 0.179. The highest BCUT2D eigenvalue weighted by atomic mass is 16.5. The molecule has 24 heavy (non-hydrogen) atoms. The Labute approximate surface area is 139 Å². The molecule has 0 unspecified atom stereocenters. The van der Waals surface area contributed by atoms with Crippen molar-refractivity contribution in [2.45, 2.75) is 45.1 Å². The van der Waals surface area contributed by atoms with E-state index in [9.17, 15) is 9.59 Å². The van der Waals surface area contributed by atoms with Gasteiger partial charge in [-0.05, 0) is 33.6 Å². The number of rotatable bonds is 3. The van der Waals surface area contributed by atoms with Crippen LogP contribution in [0.25, 0.3) is 0 Å². The molecule has 0 spiro atoms. The highest BCUT2D eigenvalue weighted by Crippen LogP contribution is 2.46. The van der Waals surface area contributed by atoms with Gasteiger partial charge in [0.05, 0.1) is 16.8 Å². The van der Waals surface area contributed by atoms with Crippen LogP contribution >= 0.6 is 0 Å². The Morgan fingerprint density at radius 2 is 2.17 bits per heavy atom. The van der Waals surface area contributed by atoms with Crippen LogP contribution in [0.3, 0.4) is 0 Å². The SMILES string of the molecule is Cc1nocc1C(=O)Nc1cc2c(cn1)C(C)(C)C(=O)N2C1CC1. The second kappa shape index (κ2) is 4.90. The van der Waals surface area contributed by atoms with Crippen molar-refractivity contribution in [3.63, 3.8) is 0 Å². The van der Waals surface area contributed by atoms with Crippen LogP contribution in [0.1, 0.15) is 48.3 Å². The fourth-order valence-corrected chi connectivity index (χ4v) is 3.11. The number of aromatic nitrogens is 2. The highest BCUT2D eigenvalue weighted by molar-refractivity contribution is 6.09. The maximum absolute atomic E-state index is 12.7. The number of nitrogens with zero attached hydrogens (tertiary/aromatic N) is 3. The van der Waals surface area contributed by atoms with E-state index in [4.69, 9.17) is 4.52 Å². The monoisotopic (exact) mass is 326 g/mol. The smallest absolute Gasteiger partial charge is 0.262 e. The van der Waals surface area contributed by atoms with E-state index in [0.717, 1.165) is 24.1 Å². The molecule has 0 bridgehead atoms. The maximum Gasteiger partial charge on any atom is 0.262 e. The van der Waals surface area contributed by atoms with Gasteiger partial charge >= 0.3 is 0 Å². The molecule has 2 aromatic rings. The van der Waals surface area contributed by atoms with E-state index in [0.29, 0.717) is 17.1 Å². The van der Waals surface area contributed by atoms with Crippen molar-refractivity contribution < 1.29 is 14.1 Å². The Morgan fingerprint density at radius 1 is 1.42 bits per heavy atom. The third-order valence-corrected chi connectivity index (χ3v) is 4.72. The van der Waals surface area contributed by atoms with E-state index in [1.807, 2.05) is 18.7 Å². The van der Waals surface area contributed by atoms with Gasteiger partial charge in [-0.1, -0.05) is 5.16 Å². The minimum Gasteiger partial charge on any atom is -0.364 e. The summed E-state index contributed by atoms with van der Waals surface area (Å²) in [6.45, 7) is 5.53. The lowest BCUT2D eigenvalue weighted by atomic mass is 9.87. The molecule has 7 nitrogen and oxygen atoms in total. The Balaban J connectivity index is 1.67. The topological polar surface area (TPSA) is 88.3 Å². The van der Waals surface area contributed by atoms with Gasteiger partial charge in [0.2, 0.25) is 5.91 Å². The second-order valence-corrected chi connectivity index (χ2v) is 6.89. The Morgan fingerprint density at radius 3 is 2.79 bits per heavy atom. The minimum atomic E-state index is -0.585. The number of amides is 2. The zero-order valence-electron chi connectivity index (χ0n) is 13.8. The third kappa shape index (κ3) is 2.11. The van der Waals surface area contributed by atoms with Crippen molar-refractivity contribution in [3.05, 3.63) is 35.3 Å². The molecular weight excluding hydrogens is 308 g/mol. The van der Waals surface area contributed by atoms with Crippen LogP contribution in [0.5, 0.6) is 0 Å². The van der Waals surface area contributed by atoms with Crippen LogP contribution in [0, 0.1) is 6.92 Å². The molecular formula is C17H18N4O3. The lowest BCUT2D eigenvalue weighted by Gasteiger charge is -2.19.